The predicted molar refractivity (Wildman–Crippen MR) is 117 cm³/mol. The Labute approximate surface area is 180 Å². The number of rotatable bonds is 4. The molecule has 156 valence electrons. The number of fused-ring (bicyclic) bond motifs is 1. The number of aryl methyl sites for hydroxylation is 1. The number of hydrogen-bond donors (Lipinski definition) is 0. The molecular formula is C22H25ClN6O. The molecule has 3 aromatic rings. The average Bonchev–Trinajstić information content (AvgIpc) is 3.16. The summed E-state index contributed by atoms with van der Waals surface area (Å²) >= 11 is 6.41. The van der Waals surface area contributed by atoms with Gasteiger partial charge in [0.2, 0.25) is 5.91 Å². The molecule has 0 unspecified atom stereocenters. The Bertz CT molecular complexity index is 1080. The van der Waals surface area contributed by atoms with Gasteiger partial charge in [0.15, 0.2) is 5.65 Å². The Hall–Kier alpha value is -2.67. The van der Waals surface area contributed by atoms with Gasteiger partial charge in [0, 0.05) is 38.5 Å². The van der Waals surface area contributed by atoms with Crippen LogP contribution in [0.25, 0.3) is 16.7 Å². The largest absolute Gasteiger partial charge is 0.352 e. The molecule has 2 aromatic heterocycles. The van der Waals surface area contributed by atoms with E-state index in [2.05, 4.69) is 16.9 Å². The van der Waals surface area contributed by atoms with Crippen LogP contribution in [0.4, 0.5) is 5.82 Å². The third-order valence-corrected chi connectivity index (χ3v) is 6.52. The molecule has 7 nitrogen and oxygen atoms in total. The monoisotopic (exact) mass is 424 g/mol. The number of halogens is 1. The van der Waals surface area contributed by atoms with E-state index in [4.69, 9.17) is 21.6 Å². The molecule has 1 amide bonds. The summed E-state index contributed by atoms with van der Waals surface area (Å²) in [6.45, 7) is 5.06. The lowest BCUT2D eigenvalue weighted by Gasteiger charge is -2.38. The molecular weight excluding hydrogens is 400 g/mol. The fourth-order valence-corrected chi connectivity index (χ4v) is 4.40. The maximum atomic E-state index is 12.6. The molecule has 0 spiro atoms. The lowest BCUT2D eigenvalue weighted by atomic mass is 9.84. The maximum absolute atomic E-state index is 12.6. The average molecular weight is 425 g/mol. The zero-order chi connectivity index (χ0) is 20.7. The molecule has 30 heavy (non-hydrogen) atoms. The Morgan fingerprint density at radius 3 is 2.57 bits per heavy atom. The molecule has 2 fully saturated rings. The summed E-state index contributed by atoms with van der Waals surface area (Å²) in [6.07, 6.45) is 5.83. The highest BCUT2D eigenvalue weighted by molar-refractivity contribution is 6.32. The molecule has 1 saturated carbocycles. The first-order chi connectivity index (χ1) is 14.7. The van der Waals surface area contributed by atoms with Gasteiger partial charge in [0.05, 0.1) is 22.3 Å². The molecule has 0 bridgehead atoms. The SMILES string of the molecule is CCc1nc(N2CCN(C(=O)C3CCC3)CC2)c2cnn(-c3ccccc3Cl)c2n1. The second kappa shape index (κ2) is 7.87. The molecule has 5 rings (SSSR count). The van der Waals surface area contributed by atoms with E-state index in [0.717, 1.165) is 73.8 Å². The molecule has 1 saturated heterocycles. The predicted octanol–water partition coefficient (Wildman–Crippen LogP) is 3.48. The van der Waals surface area contributed by atoms with E-state index in [1.54, 1.807) is 4.68 Å². The molecule has 0 radical (unpaired) electrons. The zero-order valence-electron chi connectivity index (χ0n) is 17.1. The number of nitrogens with zero attached hydrogens (tertiary/aromatic N) is 6. The van der Waals surface area contributed by atoms with Gasteiger partial charge < -0.3 is 9.80 Å². The molecule has 3 heterocycles. The second-order valence-electron chi connectivity index (χ2n) is 8.00. The normalized spacial score (nSPS) is 17.4. The van der Waals surface area contributed by atoms with Crippen LogP contribution in [-0.2, 0) is 11.2 Å². The number of piperazine rings is 1. The Morgan fingerprint density at radius 2 is 1.90 bits per heavy atom. The van der Waals surface area contributed by atoms with Crippen molar-refractivity contribution in [3.63, 3.8) is 0 Å². The standard InChI is InChI=1S/C22H25ClN6O/c1-2-19-25-20(27-10-12-28(13-11-27)22(30)15-6-5-7-15)16-14-24-29(21(16)26-19)18-9-4-3-8-17(18)23/h3-4,8-9,14-15H,2,5-7,10-13H2,1H3. The quantitative estimate of drug-likeness (QED) is 0.641. The third-order valence-electron chi connectivity index (χ3n) is 6.20. The van der Waals surface area contributed by atoms with Crippen molar-refractivity contribution in [3.8, 4) is 5.69 Å². The van der Waals surface area contributed by atoms with Crippen LogP contribution in [0.1, 0.15) is 32.0 Å². The number of amides is 1. The Morgan fingerprint density at radius 1 is 1.13 bits per heavy atom. The summed E-state index contributed by atoms with van der Waals surface area (Å²) in [5.74, 6) is 2.25. The van der Waals surface area contributed by atoms with Crippen molar-refractivity contribution in [3.05, 3.63) is 41.3 Å². The van der Waals surface area contributed by atoms with E-state index in [1.165, 1.54) is 6.42 Å². The van der Waals surface area contributed by atoms with Crippen molar-refractivity contribution in [2.24, 2.45) is 5.92 Å². The molecule has 8 heteroatoms. The summed E-state index contributed by atoms with van der Waals surface area (Å²) in [5.41, 5.74) is 1.56. The molecule has 1 aliphatic heterocycles. The van der Waals surface area contributed by atoms with Gasteiger partial charge >= 0.3 is 0 Å². The molecule has 2 aliphatic rings. The lowest BCUT2D eigenvalue weighted by Crippen LogP contribution is -2.51. The van der Waals surface area contributed by atoms with E-state index in [9.17, 15) is 4.79 Å². The van der Waals surface area contributed by atoms with Crippen LogP contribution >= 0.6 is 11.6 Å². The third kappa shape index (κ3) is 3.31. The number of hydrogen-bond acceptors (Lipinski definition) is 5. The zero-order valence-corrected chi connectivity index (χ0v) is 17.8. The van der Waals surface area contributed by atoms with Crippen LogP contribution in [0.5, 0.6) is 0 Å². The van der Waals surface area contributed by atoms with E-state index in [-0.39, 0.29) is 5.92 Å². The van der Waals surface area contributed by atoms with Crippen molar-refractivity contribution < 1.29 is 4.79 Å². The van der Waals surface area contributed by atoms with Gasteiger partial charge in [0.25, 0.3) is 0 Å². The van der Waals surface area contributed by atoms with Crippen LogP contribution in [-0.4, -0.2) is 56.7 Å². The number of carbonyl (C=O) groups excluding carboxylic acids is 1. The number of benzene rings is 1. The first kappa shape index (κ1) is 19.3. The van der Waals surface area contributed by atoms with Crippen molar-refractivity contribution in [1.82, 2.24) is 24.6 Å². The number of para-hydroxylation sites is 1. The van der Waals surface area contributed by atoms with Crippen molar-refractivity contribution >= 4 is 34.4 Å². The fourth-order valence-electron chi connectivity index (χ4n) is 4.19. The molecule has 1 aliphatic carbocycles. The van der Waals surface area contributed by atoms with Crippen LogP contribution in [0.2, 0.25) is 5.02 Å². The van der Waals surface area contributed by atoms with Crippen LogP contribution in [0.3, 0.4) is 0 Å². The van der Waals surface area contributed by atoms with Gasteiger partial charge in [-0.05, 0) is 25.0 Å². The van der Waals surface area contributed by atoms with Crippen molar-refractivity contribution in [1.29, 1.82) is 0 Å². The summed E-state index contributed by atoms with van der Waals surface area (Å²) in [4.78, 5) is 26.4. The fraction of sp³-hybridized carbons (Fsp3) is 0.455. The topological polar surface area (TPSA) is 67.2 Å². The highest BCUT2D eigenvalue weighted by Crippen LogP contribution is 2.31. The van der Waals surface area contributed by atoms with Crippen LogP contribution in [0, 0.1) is 5.92 Å². The van der Waals surface area contributed by atoms with Gasteiger partial charge in [-0.2, -0.15) is 5.10 Å². The summed E-state index contributed by atoms with van der Waals surface area (Å²) in [7, 11) is 0. The molecule has 1 aromatic carbocycles. The van der Waals surface area contributed by atoms with Gasteiger partial charge in [-0.25, -0.2) is 14.6 Å². The van der Waals surface area contributed by atoms with Gasteiger partial charge in [-0.3, -0.25) is 4.79 Å². The maximum Gasteiger partial charge on any atom is 0.225 e. The van der Waals surface area contributed by atoms with Gasteiger partial charge in [-0.1, -0.05) is 37.1 Å². The second-order valence-corrected chi connectivity index (χ2v) is 8.41. The number of carbonyl (C=O) groups is 1. The van der Waals surface area contributed by atoms with E-state index >= 15 is 0 Å². The molecule has 0 atom stereocenters. The van der Waals surface area contributed by atoms with E-state index < -0.39 is 0 Å². The Balaban J connectivity index is 1.46. The van der Waals surface area contributed by atoms with Crippen LogP contribution < -0.4 is 4.90 Å². The summed E-state index contributed by atoms with van der Waals surface area (Å²) in [6, 6.07) is 7.63. The highest BCUT2D eigenvalue weighted by atomic mass is 35.5. The minimum Gasteiger partial charge on any atom is -0.352 e. The smallest absolute Gasteiger partial charge is 0.225 e. The lowest BCUT2D eigenvalue weighted by molar-refractivity contribution is -0.138. The summed E-state index contributed by atoms with van der Waals surface area (Å²) in [5, 5.41) is 6.12. The van der Waals surface area contributed by atoms with Crippen molar-refractivity contribution in [2.75, 3.05) is 31.1 Å². The number of anilines is 1. The highest BCUT2D eigenvalue weighted by Gasteiger charge is 2.32. The van der Waals surface area contributed by atoms with Crippen molar-refractivity contribution in [2.45, 2.75) is 32.6 Å². The van der Waals surface area contributed by atoms with Gasteiger partial charge in [-0.15, -0.1) is 0 Å². The Kier molecular flexibility index (Phi) is 5.06. The minimum atomic E-state index is 0.253. The van der Waals surface area contributed by atoms with E-state index in [0.29, 0.717) is 10.9 Å². The van der Waals surface area contributed by atoms with Gasteiger partial charge in [0.1, 0.15) is 11.6 Å². The number of aromatic nitrogens is 4. The first-order valence-corrected chi connectivity index (χ1v) is 11.1. The minimum absolute atomic E-state index is 0.253. The first-order valence-electron chi connectivity index (χ1n) is 10.7. The molecule has 0 N–H and O–H groups in total. The van der Waals surface area contributed by atoms with E-state index in [1.807, 2.05) is 35.4 Å². The summed E-state index contributed by atoms with van der Waals surface area (Å²) < 4.78 is 1.79. The van der Waals surface area contributed by atoms with Crippen LogP contribution in [0.15, 0.2) is 30.5 Å².